The Morgan fingerprint density at radius 1 is 1.24 bits per heavy atom. The van der Waals surface area contributed by atoms with Crippen LogP contribution >= 0.6 is 0 Å². The van der Waals surface area contributed by atoms with E-state index in [0.29, 0.717) is 23.5 Å². The topological polar surface area (TPSA) is 102 Å². The van der Waals surface area contributed by atoms with Crippen molar-refractivity contribution in [2.75, 3.05) is 19.0 Å². The molecule has 2 aromatic rings. The standard InChI is InChI=1S/C17H20N4O4/c1-4-21-14(8-11(2)20-21)16(23)18-10-15(22)19-13-7-5-6-12(9-13)17(24)25-3/h5-9H,4,10H2,1-3H3,(H,18,23)(H,19,22). The fourth-order valence-electron chi connectivity index (χ4n) is 2.27. The van der Waals surface area contributed by atoms with Crippen LogP contribution in [0.2, 0.25) is 0 Å². The van der Waals surface area contributed by atoms with E-state index in [1.807, 2.05) is 6.92 Å². The van der Waals surface area contributed by atoms with Crippen molar-refractivity contribution >= 4 is 23.5 Å². The molecule has 25 heavy (non-hydrogen) atoms. The van der Waals surface area contributed by atoms with Gasteiger partial charge < -0.3 is 15.4 Å². The van der Waals surface area contributed by atoms with Gasteiger partial charge in [0.2, 0.25) is 5.91 Å². The molecular weight excluding hydrogens is 324 g/mol. The maximum Gasteiger partial charge on any atom is 0.337 e. The van der Waals surface area contributed by atoms with Crippen molar-refractivity contribution < 1.29 is 19.1 Å². The Bertz CT molecular complexity index is 798. The number of carbonyl (C=O) groups is 3. The molecule has 2 rings (SSSR count). The summed E-state index contributed by atoms with van der Waals surface area (Å²) in [4.78, 5) is 35.6. The van der Waals surface area contributed by atoms with Gasteiger partial charge in [0.15, 0.2) is 0 Å². The predicted molar refractivity (Wildman–Crippen MR) is 91.4 cm³/mol. The average Bonchev–Trinajstić information content (AvgIpc) is 3.00. The zero-order valence-corrected chi connectivity index (χ0v) is 14.3. The summed E-state index contributed by atoms with van der Waals surface area (Å²) in [5.74, 6) is -1.27. The number of hydrogen-bond donors (Lipinski definition) is 2. The summed E-state index contributed by atoms with van der Waals surface area (Å²) < 4.78 is 6.20. The molecule has 2 N–H and O–H groups in total. The molecule has 8 heteroatoms. The third-order valence-corrected chi connectivity index (χ3v) is 3.41. The van der Waals surface area contributed by atoms with Gasteiger partial charge in [-0.3, -0.25) is 14.3 Å². The highest BCUT2D eigenvalue weighted by Gasteiger charge is 2.14. The van der Waals surface area contributed by atoms with Crippen molar-refractivity contribution in [2.45, 2.75) is 20.4 Å². The number of aromatic nitrogens is 2. The van der Waals surface area contributed by atoms with E-state index >= 15 is 0 Å². The Morgan fingerprint density at radius 2 is 2.00 bits per heavy atom. The van der Waals surface area contributed by atoms with Crippen molar-refractivity contribution in [2.24, 2.45) is 0 Å². The number of benzene rings is 1. The number of carbonyl (C=O) groups excluding carboxylic acids is 3. The molecule has 0 bridgehead atoms. The first-order chi connectivity index (χ1) is 11.9. The molecule has 0 aliphatic heterocycles. The van der Waals surface area contributed by atoms with Crippen molar-refractivity contribution in [1.82, 2.24) is 15.1 Å². The molecule has 1 aromatic heterocycles. The normalized spacial score (nSPS) is 10.2. The first-order valence-electron chi connectivity index (χ1n) is 7.75. The lowest BCUT2D eigenvalue weighted by Gasteiger charge is -2.08. The summed E-state index contributed by atoms with van der Waals surface area (Å²) in [6.07, 6.45) is 0. The van der Waals surface area contributed by atoms with Crippen LogP contribution in [0.3, 0.4) is 0 Å². The third kappa shape index (κ3) is 4.66. The van der Waals surface area contributed by atoms with E-state index in [2.05, 4.69) is 20.5 Å². The van der Waals surface area contributed by atoms with Crippen LogP contribution in [-0.4, -0.2) is 41.2 Å². The number of anilines is 1. The summed E-state index contributed by atoms with van der Waals surface area (Å²) in [5, 5.41) is 9.36. The first kappa shape index (κ1) is 18.2. The van der Waals surface area contributed by atoms with Crippen LogP contribution in [0, 0.1) is 6.92 Å². The number of aryl methyl sites for hydroxylation is 2. The minimum atomic E-state index is -0.493. The zero-order chi connectivity index (χ0) is 18.4. The monoisotopic (exact) mass is 344 g/mol. The van der Waals surface area contributed by atoms with Crippen molar-refractivity contribution in [1.29, 1.82) is 0 Å². The molecule has 2 amide bonds. The molecule has 1 heterocycles. The summed E-state index contributed by atoms with van der Waals surface area (Å²) in [5.41, 5.74) is 1.90. The van der Waals surface area contributed by atoms with Crippen molar-refractivity contribution in [3.05, 3.63) is 47.3 Å². The molecule has 0 saturated heterocycles. The minimum Gasteiger partial charge on any atom is -0.465 e. The minimum absolute atomic E-state index is 0.199. The van der Waals surface area contributed by atoms with Gasteiger partial charge in [-0.15, -0.1) is 0 Å². The second kappa shape index (κ2) is 8.09. The second-order valence-corrected chi connectivity index (χ2v) is 5.29. The highest BCUT2D eigenvalue weighted by Crippen LogP contribution is 2.11. The first-order valence-corrected chi connectivity index (χ1v) is 7.75. The number of rotatable bonds is 6. The van der Waals surface area contributed by atoms with E-state index in [4.69, 9.17) is 0 Å². The van der Waals surface area contributed by atoms with E-state index in [0.717, 1.165) is 5.69 Å². The summed E-state index contributed by atoms with van der Waals surface area (Å²) in [7, 11) is 1.28. The smallest absolute Gasteiger partial charge is 0.337 e. The molecule has 1 aromatic carbocycles. The Hall–Kier alpha value is -3.16. The highest BCUT2D eigenvalue weighted by molar-refractivity contribution is 5.99. The summed E-state index contributed by atoms with van der Waals surface area (Å²) in [6, 6.07) is 8.01. The fraction of sp³-hybridized carbons (Fsp3) is 0.294. The number of nitrogens with one attached hydrogen (secondary N) is 2. The Balaban J connectivity index is 1.94. The SMILES string of the molecule is CCn1nc(C)cc1C(=O)NCC(=O)Nc1cccc(C(=O)OC)c1. The Kier molecular flexibility index (Phi) is 5.89. The van der Waals surface area contributed by atoms with Gasteiger partial charge in [0.25, 0.3) is 5.91 Å². The number of nitrogens with zero attached hydrogens (tertiary/aromatic N) is 2. The van der Waals surface area contributed by atoms with Crippen LogP contribution < -0.4 is 10.6 Å². The molecule has 0 atom stereocenters. The largest absolute Gasteiger partial charge is 0.465 e. The molecule has 0 aliphatic rings. The van der Waals surface area contributed by atoms with Crippen LogP contribution in [-0.2, 0) is 16.1 Å². The molecule has 0 saturated carbocycles. The van der Waals surface area contributed by atoms with Crippen LogP contribution in [0.1, 0.15) is 33.5 Å². The molecule has 132 valence electrons. The number of esters is 1. The number of hydrogen-bond acceptors (Lipinski definition) is 5. The second-order valence-electron chi connectivity index (χ2n) is 5.29. The number of ether oxygens (including phenoxy) is 1. The zero-order valence-electron chi connectivity index (χ0n) is 14.3. The van der Waals surface area contributed by atoms with Gasteiger partial charge in [-0.2, -0.15) is 5.10 Å². The van der Waals surface area contributed by atoms with Gasteiger partial charge >= 0.3 is 5.97 Å². The molecule has 0 radical (unpaired) electrons. The Labute approximate surface area is 145 Å². The van der Waals surface area contributed by atoms with E-state index in [9.17, 15) is 14.4 Å². The fourth-order valence-corrected chi connectivity index (χ4v) is 2.27. The number of methoxy groups -OCH3 is 1. The van der Waals surface area contributed by atoms with Crippen molar-refractivity contribution in [3.63, 3.8) is 0 Å². The van der Waals surface area contributed by atoms with E-state index in [1.165, 1.54) is 13.2 Å². The lowest BCUT2D eigenvalue weighted by atomic mass is 10.2. The average molecular weight is 344 g/mol. The maximum absolute atomic E-state index is 12.2. The van der Waals surface area contributed by atoms with Gasteiger partial charge in [0, 0.05) is 12.2 Å². The van der Waals surface area contributed by atoms with Gasteiger partial charge in [-0.1, -0.05) is 6.07 Å². The van der Waals surface area contributed by atoms with Crippen molar-refractivity contribution in [3.8, 4) is 0 Å². The lowest BCUT2D eigenvalue weighted by Crippen LogP contribution is -2.34. The quantitative estimate of drug-likeness (QED) is 0.771. The Morgan fingerprint density at radius 3 is 2.68 bits per heavy atom. The van der Waals surface area contributed by atoms with Crippen LogP contribution in [0.25, 0.3) is 0 Å². The van der Waals surface area contributed by atoms with Gasteiger partial charge in [-0.25, -0.2) is 4.79 Å². The molecule has 0 aliphatic carbocycles. The van der Waals surface area contributed by atoms with E-state index < -0.39 is 11.9 Å². The molecular formula is C17H20N4O4. The van der Waals surface area contributed by atoms with Gasteiger partial charge in [0.1, 0.15) is 5.69 Å². The van der Waals surface area contributed by atoms with Gasteiger partial charge in [-0.05, 0) is 38.1 Å². The highest BCUT2D eigenvalue weighted by atomic mass is 16.5. The van der Waals surface area contributed by atoms with Crippen LogP contribution in [0.4, 0.5) is 5.69 Å². The van der Waals surface area contributed by atoms with Crippen LogP contribution in [0.15, 0.2) is 30.3 Å². The third-order valence-electron chi connectivity index (χ3n) is 3.41. The van der Waals surface area contributed by atoms with E-state index in [1.54, 1.807) is 35.9 Å². The maximum atomic E-state index is 12.2. The molecule has 0 fully saturated rings. The molecule has 0 spiro atoms. The lowest BCUT2D eigenvalue weighted by molar-refractivity contribution is -0.115. The molecule has 8 nitrogen and oxygen atoms in total. The summed E-state index contributed by atoms with van der Waals surface area (Å²) in [6.45, 7) is 4.03. The van der Waals surface area contributed by atoms with E-state index in [-0.39, 0.29) is 12.5 Å². The molecule has 0 unspecified atom stereocenters. The number of amides is 2. The van der Waals surface area contributed by atoms with Gasteiger partial charge in [0.05, 0.1) is 24.9 Å². The van der Waals surface area contributed by atoms with Crippen LogP contribution in [0.5, 0.6) is 0 Å². The summed E-state index contributed by atoms with van der Waals surface area (Å²) >= 11 is 0. The predicted octanol–water partition coefficient (Wildman–Crippen LogP) is 1.37.